The second-order valence-electron chi connectivity index (χ2n) is 6.79. The van der Waals surface area contributed by atoms with Crippen LogP contribution in [0.1, 0.15) is 11.1 Å². The Labute approximate surface area is 174 Å². The molecule has 0 bridgehead atoms. The minimum Gasteiger partial charge on any atom is -0.444 e. The Morgan fingerprint density at radius 2 is 1.76 bits per heavy atom. The highest BCUT2D eigenvalue weighted by molar-refractivity contribution is 6.30. The lowest BCUT2D eigenvalue weighted by Gasteiger charge is -2.36. The average molecular weight is 418 g/mol. The molecule has 0 radical (unpaired) electrons. The minimum atomic E-state index is -0.527. The number of halogens is 1. The van der Waals surface area contributed by atoms with Crippen LogP contribution in [0.5, 0.6) is 0 Å². The van der Waals surface area contributed by atoms with E-state index in [9.17, 15) is 9.59 Å². The number of anilines is 1. The summed E-state index contributed by atoms with van der Waals surface area (Å²) in [5.41, 5.74) is 2.54. The summed E-state index contributed by atoms with van der Waals surface area (Å²) in [5.74, 6) is -0.0291. The van der Waals surface area contributed by atoms with Crippen molar-refractivity contribution < 1.29 is 19.1 Å². The average Bonchev–Trinajstić information content (AvgIpc) is 2.67. The van der Waals surface area contributed by atoms with Crippen molar-refractivity contribution in [1.29, 1.82) is 0 Å². The van der Waals surface area contributed by atoms with E-state index in [-0.39, 0.29) is 18.6 Å². The Morgan fingerprint density at radius 1 is 1.10 bits per heavy atom. The number of rotatable bonds is 8. The SMILES string of the molecule is CNC(=O)CN(Cc1ccc(NC(=O)OCc2ccc(Cl)cc2)cc1)C1COC1. The van der Waals surface area contributed by atoms with E-state index in [1.54, 1.807) is 19.2 Å². The number of hydrogen-bond donors (Lipinski definition) is 2. The first kappa shape index (κ1) is 21.1. The molecule has 2 aromatic rings. The van der Waals surface area contributed by atoms with E-state index < -0.39 is 6.09 Å². The van der Waals surface area contributed by atoms with Crippen LogP contribution in [0.15, 0.2) is 48.5 Å². The third-order valence-corrected chi connectivity index (χ3v) is 4.88. The van der Waals surface area contributed by atoms with Crippen LogP contribution in [0.2, 0.25) is 5.02 Å². The summed E-state index contributed by atoms with van der Waals surface area (Å²) < 4.78 is 10.5. The molecule has 1 heterocycles. The van der Waals surface area contributed by atoms with Crippen LogP contribution < -0.4 is 10.6 Å². The molecule has 3 rings (SSSR count). The molecule has 29 heavy (non-hydrogen) atoms. The van der Waals surface area contributed by atoms with E-state index in [0.29, 0.717) is 37.0 Å². The largest absolute Gasteiger partial charge is 0.444 e. The fourth-order valence-electron chi connectivity index (χ4n) is 2.82. The fraction of sp³-hybridized carbons (Fsp3) is 0.333. The zero-order valence-electron chi connectivity index (χ0n) is 16.2. The van der Waals surface area contributed by atoms with Gasteiger partial charge in [-0.3, -0.25) is 15.0 Å². The van der Waals surface area contributed by atoms with Crippen molar-refractivity contribution in [2.24, 2.45) is 0 Å². The quantitative estimate of drug-likeness (QED) is 0.690. The predicted octanol–water partition coefficient (Wildman–Crippen LogP) is 3.04. The molecule has 0 atom stereocenters. The highest BCUT2D eigenvalue weighted by atomic mass is 35.5. The van der Waals surface area contributed by atoms with E-state index in [2.05, 4.69) is 15.5 Å². The van der Waals surface area contributed by atoms with Gasteiger partial charge in [0.15, 0.2) is 0 Å². The number of nitrogens with one attached hydrogen (secondary N) is 2. The Balaban J connectivity index is 1.50. The van der Waals surface area contributed by atoms with Crippen LogP contribution >= 0.6 is 11.6 Å². The molecule has 8 heteroatoms. The normalized spacial score (nSPS) is 13.6. The Kier molecular flexibility index (Phi) is 7.46. The van der Waals surface area contributed by atoms with Gasteiger partial charge in [0.2, 0.25) is 5.91 Å². The van der Waals surface area contributed by atoms with Gasteiger partial charge in [-0.05, 0) is 35.4 Å². The topological polar surface area (TPSA) is 79.9 Å². The molecule has 0 spiro atoms. The van der Waals surface area contributed by atoms with Crippen molar-refractivity contribution in [3.05, 3.63) is 64.7 Å². The molecule has 0 aliphatic carbocycles. The fourth-order valence-corrected chi connectivity index (χ4v) is 2.95. The van der Waals surface area contributed by atoms with Gasteiger partial charge in [0, 0.05) is 24.3 Å². The maximum atomic E-state index is 12.0. The lowest BCUT2D eigenvalue weighted by Crippen LogP contribution is -2.51. The Hall–Kier alpha value is -2.61. The van der Waals surface area contributed by atoms with Crippen LogP contribution in [0, 0.1) is 0 Å². The number of ether oxygens (including phenoxy) is 2. The van der Waals surface area contributed by atoms with E-state index in [1.165, 1.54) is 0 Å². The molecule has 1 saturated heterocycles. The van der Waals surface area contributed by atoms with Crippen LogP contribution in [-0.4, -0.2) is 49.7 Å². The monoisotopic (exact) mass is 417 g/mol. The van der Waals surface area contributed by atoms with E-state index in [1.807, 2.05) is 36.4 Å². The van der Waals surface area contributed by atoms with E-state index >= 15 is 0 Å². The summed E-state index contributed by atoms with van der Waals surface area (Å²) in [7, 11) is 1.63. The smallest absolute Gasteiger partial charge is 0.411 e. The summed E-state index contributed by atoms with van der Waals surface area (Å²) in [6.07, 6.45) is -0.527. The standard InChI is InChI=1S/C21H24ClN3O4/c1-23-20(26)11-25(19-13-28-14-19)10-15-4-8-18(9-5-15)24-21(27)29-12-16-2-6-17(22)7-3-16/h2-9,19H,10-14H2,1H3,(H,23,26)(H,24,27). The highest BCUT2D eigenvalue weighted by Crippen LogP contribution is 2.17. The second kappa shape index (κ2) is 10.2. The zero-order chi connectivity index (χ0) is 20.6. The predicted molar refractivity (Wildman–Crippen MR) is 111 cm³/mol. The number of nitrogens with zero attached hydrogens (tertiary/aromatic N) is 1. The first-order valence-corrected chi connectivity index (χ1v) is 9.71. The summed E-state index contributed by atoms with van der Waals surface area (Å²) in [6, 6.07) is 14.8. The number of amides is 2. The molecule has 2 amide bonds. The third kappa shape index (κ3) is 6.45. The lowest BCUT2D eigenvalue weighted by molar-refractivity contribution is -0.126. The van der Waals surface area contributed by atoms with Crippen molar-refractivity contribution >= 4 is 29.3 Å². The maximum absolute atomic E-state index is 12.0. The molecule has 2 aromatic carbocycles. The highest BCUT2D eigenvalue weighted by Gasteiger charge is 2.27. The zero-order valence-corrected chi connectivity index (χ0v) is 16.9. The number of hydrogen-bond acceptors (Lipinski definition) is 5. The summed E-state index contributed by atoms with van der Waals surface area (Å²) in [6.45, 7) is 2.38. The molecule has 1 aliphatic rings. The molecule has 154 valence electrons. The maximum Gasteiger partial charge on any atom is 0.411 e. The van der Waals surface area contributed by atoms with E-state index in [4.69, 9.17) is 21.1 Å². The molecule has 0 saturated carbocycles. The van der Waals surface area contributed by atoms with Gasteiger partial charge in [0.25, 0.3) is 0 Å². The van der Waals surface area contributed by atoms with Crippen molar-refractivity contribution in [2.45, 2.75) is 19.2 Å². The minimum absolute atomic E-state index is 0.0291. The van der Waals surface area contributed by atoms with E-state index in [0.717, 1.165) is 11.1 Å². The van der Waals surface area contributed by atoms with Gasteiger partial charge in [-0.1, -0.05) is 35.9 Å². The number of likely N-dealkylation sites (N-methyl/N-ethyl adjacent to an activating group) is 1. The number of carbonyl (C=O) groups is 2. The van der Waals surface area contributed by atoms with Crippen molar-refractivity contribution in [2.75, 3.05) is 32.1 Å². The molecular weight excluding hydrogens is 394 g/mol. The lowest BCUT2D eigenvalue weighted by atomic mass is 10.1. The molecule has 7 nitrogen and oxygen atoms in total. The first-order chi connectivity index (χ1) is 14.0. The molecule has 0 aromatic heterocycles. The van der Waals surface area contributed by atoms with Gasteiger partial charge in [-0.2, -0.15) is 0 Å². The summed E-state index contributed by atoms with van der Waals surface area (Å²) in [5, 5.41) is 5.99. The van der Waals surface area contributed by atoms with Gasteiger partial charge in [0.05, 0.1) is 25.8 Å². The molecule has 1 fully saturated rings. The third-order valence-electron chi connectivity index (χ3n) is 4.63. The van der Waals surface area contributed by atoms with Crippen LogP contribution in [-0.2, 0) is 27.4 Å². The number of carbonyl (C=O) groups excluding carboxylic acids is 2. The van der Waals surface area contributed by atoms with Gasteiger partial charge in [-0.25, -0.2) is 4.79 Å². The Bertz CT molecular complexity index is 823. The van der Waals surface area contributed by atoms with Gasteiger partial charge >= 0.3 is 6.09 Å². The summed E-state index contributed by atoms with van der Waals surface area (Å²) in [4.78, 5) is 25.8. The molecule has 2 N–H and O–H groups in total. The molecule has 1 aliphatic heterocycles. The molecular formula is C21H24ClN3O4. The second-order valence-corrected chi connectivity index (χ2v) is 7.23. The molecule has 0 unspecified atom stereocenters. The van der Waals surface area contributed by atoms with Gasteiger partial charge < -0.3 is 14.8 Å². The van der Waals surface area contributed by atoms with Crippen molar-refractivity contribution in [1.82, 2.24) is 10.2 Å². The summed E-state index contributed by atoms with van der Waals surface area (Å²) >= 11 is 5.84. The Morgan fingerprint density at radius 3 is 2.34 bits per heavy atom. The number of benzene rings is 2. The van der Waals surface area contributed by atoms with Crippen LogP contribution in [0.4, 0.5) is 10.5 Å². The van der Waals surface area contributed by atoms with Gasteiger partial charge in [0.1, 0.15) is 6.61 Å². The van der Waals surface area contributed by atoms with Gasteiger partial charge in [-0.15, -0.1) is 0 Å². The first-order valence-electron chi connectivity index (χ1n) is 9.33. The van der Waals surface area contributed by atoms with Crippen molar-refractivity contribution in [3.8, 4) is 0 Å². The van der Waals surface area contributed by atoms with Crippen LogP contribution in [0.25, 0.3) is 0 Å². The van der Waals surface area contributed by atoms with Crippen LogP contribution in [0.3, 0.4) is 0 Å². The van der Waals surface area contributed by atoms with Crippen molar-refractivity contribution in [3.63, 3.8) is 0 Å².